The van der Waals surface area contributed by atoms with Crippen LogP contribution in [-0.4, -0.2) is 11.1 Å². The predicted molar refractivity (Wildman–Crippen MR) is 170 cm³/mol. The highest BCUT2D eigenvalue weighted by Gasteiger charge is 2.14. The third-order valence-electron chi connectivity index (χ3n) is 7.59. The summed E-state index contributed by atoms with van der Waals surface area (Å²) in [6.45, 7) is 8.98. The highest BCUT2D eigenvalue weighted by molar-refractivity contribution is 5.89. The van der Waals surface area contributed by atoms with Crippen molar-refractivity contribution < 1.29 is 14.6 Å². The minimum atomic E-state index is -0.905. The molecule has 4 heteroatoms. The van der Waals surface area contributed by atoms with Crippen LogP contribution in [0.25, 0.3) is 6.08 Å². The Bertz CT molecular complexity index is 1570. The number of carboxylic acids is 1. The molecule has 214 valence electrons. The van der Waals surface area contributed by atoms with Crippen LogP contribution in [0.15, 0.2) is 97.1 Å². The predicted octanol–water partition coefficient (Wildman–Crippen LogP) is 8.95. The summed E-state index contributed by atoms with van der Waals surface area (Å²) in [5.74, 6) is 0.146. The highest BCUT2D eigenvalue weighted by Crippen LogP contribution is 2.26. The normalized spacial score (nSPS) is 12.2. The third kappa shape index (κ3) is 8.44. The first-order chi connectivity index (χ1) is 20.1. The van der Waals surface area contributed by atoms with Crippen molar-refractivity contribution in [2.24, 2.45) is 5.92 Å². The molecule has 4 aromatic rings. The summed E-state index contributed by atoms with van der Waals surface area (Å²) in [7, 11) is 0. The van der Waals surface area contributed by atoms with Crippen LogP contribution >= 0.6 is 0 Å². The zero-order valence-electron chi connectivity index (χ0n) is 24.9. The van der Waals surface area contributed by atoms with Crippen LogP contribution in [0.4, 0.5) is 0 Å². The van der Waals surface area contributed by atoms with Gasteiger partial charge in [0.15, 0.2) is 0 Å². The van der Waals surface area contributed by atoms with E-state index in [2.05, 4.69) is 69.3 Å². The van der Waals surface area contributed by atoms with Gasteiger partial charge in [-0.05, 0) is 89.6 Å². The number of benzene rings is 4. The second-order valence-corrected chi connectivity index (χ2v) is 11.9. The maximum atomic E-state index is 11.5. The molecular weight excluding hydrogens is 518 g/mol. The van der Waals surface area contributed by atoms with Crippen LogP contribution < -0.4 is 4.74 Å². The molecule has 1 unspecified atom stereocenters. The van der Waals surface area contributed by atoms with E-state index in [-0.39, 0.29) is 11.3 Å². The van der Waals surface area contributed by atoms with Crippen LogP contribution in [0.2, 0.25) is 0 Å². The molecule has 0 amide bonds. The lowest BCUT2D eigenvalue weighted by molar-refractivity contribution is 0.0696. The Balaban J connectivity index is 1.51. The van der Waals surface area contributed by atoms with Gasteiger partial charge in [0.05, 0.1) is 17.2 Å². The molecule has 0 bridgehead atoms. The highest BCUT2D eigenvalue weighted by atomic mass is 16.5. The Morgan fingerprint density at radius 1 is 0.929 bits per heavy atom. The van der Waals surface area contributed by atoms with Crippen molar-refractivity contribution in [2.75, 3.05) is 0 Å². The Hall–Kier alpha value is -4.62. The average molecular weight is 558 g/mol. The zero-order chi connectivity index (χ0) is 30.1. The molecule has 1 N–H and O–H groups in total. The van der Waals surface area contributed by atoms with Gasteiger partial charge in [-0.3, -0.25) is 0 Å². The minimum absolute atomic E-state index is 0.115. The Morgan fingerprint density at radius 2 is 1.60 bits per heavy atom. The maximum Gasteiger partial charge on any atom is 0.335 e. The molecule has 0 aliphatic heterocycles. The van der Waals surface area contributed by atoms with E-state index in [9.17, 15) is 9.90 Å². The molecule has 4 rings (SSSR count). The van der Waals surface area contributed by atoms with Crippen LogP contribution in [0.5, 0.6) is 5.75 Å². The van der Waals surface area contributed by atoms with E-state index < -0.39 is 5.97 Å². The average Bonchev–Trinajstić information content (AvgIpc) is 2.97. The lowest BCUT2D eigenvalue weighted by Crippen LogP contribution is -2.10. The molecule has 42 heavy (non-hydrogen) atoms. The number of rotatable bonds is 11. The van der Waals surface area contributed by atoms with E-state index in [1.165, 1.54) is 11.1 Å². The van der Waals surface area contributed by atoms with Gasteiger partial charge in [-0.25, -0.2) is 4.79 Å². The minimum Gasteiger partial charge on any atom is -0.488 e. The van der Waals surface area contributed by atoms with E-state index in [4.69, 9.17) is 10.00 Å². The van der Waals surface area contributed by atoms with Crippen molar-refractivity contribution >= 4 is 12.0 Å². The number of para-hydroxylation sites is 1. The number of carbonyl (C=O) groups is 1. The number of hydrogen-bond acceptors (Lipinski definition) is 3. The number of aryl methyl sites for hydroxylation is 2. The summed E-state index contributed by atoms with van der Waals surface area (Å²) < 4.78 is 6.27. The molecule has 0 aromatic heterocycles. The quantitative estimate of drug-likeness (QED) is 0.200. The van der Waals surface area contributed by atoms with Gasteiger partial charge in [0, 0.05) is 5.56 Å². The van der Waals surface area contributed by atoms with E-state index in [1.54, 1.807) is 6.07 Å². The van der Waals surface area contributed by atoms with Gasteiger partial charge in [-0.15, -0.1) is 0 Å². The second kappa shape index (κ2) is 13.8. The van der Waals surface area contributed by atoms with Crippen LogP contribution in [0.1, 0.15) is 76.5 Å². The number of nitrogens with zero attached hydrogens (tertiary/aromatic N) is 1. The molecule has 0 heterocycles. The molecule has 0 spiro atoms. The summed E-state index contributed by atoms with van der Waals surface area (Å²) >= 11 is 0. The summed E-state index contributed by atoms with van der Waals surface area (Å²) in [6, 6.07) is 32.2. The number of carboxylic acid groups (broad SMARTS) is 1. The fourth-order valence-electron chi connectivity index (χ4n) is 5.01. The Morgan fingerprint density at radius 3 is 2.24 bits per heavy atom. The van der Waals surface area contributed by atoms with Crippen LogP contribution in [-0.2, 0) is 24.9 Å². The fraction of sp³-hybridized carbons (Fsp3) is 0.263. The lowest BCUT2D eigenvalue weighted by atomic mass is 9.87. The molecule has 0 aliphatic carbocycles. The van der Waals surface area contributed by atoms with Gasteiger partial charge in [0.25, 0.3) is 0 Å². The first kappa shape index (κ1) is 30.3. The SMILES string of the molecule is Cc1cc(CC(C=Cc2ccccc2OCc2ccc(C(C)(C)C)cc2)CCc2ccc(C#N)cc2)ccc1C(=O)O. The smallest absolute Gasteiger partial charge is 0.335 e. The van der Waals surface area contributed by atoms with Crippen molar-refractivity contribution in [1.29, 1.82) is 5.26 Å². The van der Waals surface area contributed by atoms with E-state index >= 15 is 0 Å². The van der Waals surface area contributed by atoms with Crippen molar-refractivity contribution in [3.05, 3.63) is 142 Å². The zero-order valence-corrected chi connectivity index (χ0v) is 24.9. The standard InChI is InChI=1S/C38H39NO3/c1-27-23-32(18-22-35(27)37(40)41)24-29(12-9-28-10-13-30(25-39)14-11-28)15-19-33-7-5-6-8-36(33)42-26-31-16-20-34(21-17-31)38(2,3)4/h5-8,10-11,13-23,29H,9,12,24,26H2,1-4H3,(H,40,41). The van der Waals surface area contributed by atoms with Gasteiger partial charge in [-0.2, -0.15) is 5.26 Å². The van der Waals surface area contributed by atoms with Gasteiger partial charge in [-0.1, -0.05) is 99.7 Å². The molecular formula is C38H39NO3. The first-order valence-electron chi connectivity index (χ1n) is 14.4. The number of aromatic carboxylic acids is 1. The largest absolute Gasteiger partial charge is 0.488 e. The van der Waals surface area contributed by atoms with Gasteiger partial charge >= 0.3 is 5.97 Å². The Labute approximate surface area is 249 Å². The number of nitriles is 1. The number of ether oxygens (including phenoxy) is 1. The van der Waals surface area contributed by atoms with Gasteiger partial charge in [0.2, 0.25) is 0 Å². The second-order valence-electron chi connectivity index (χ2n) is 11.9. The van der Waals surface area contributed by atoms with E-state index in [0.29, 0.717) is 17.7 Å². The maximum absolute atomic E-state index is 11.5. The molecule has 0 saturated heterocycles. The first-order valence-corrected chi connectivity index (χ1v) is 14.4. The van der Waals surface area contributed by atoms with Crippen molar-refractivity contribution in [1.82, 2.24) is 0 Å². The summed E-state index contributed by atoms with van der Waals surface area (Å²) in [6.07, 6.45) is 6.95. The van der Waals surface area contributed by atoms with Crippen LogP contribution in [0, 0.1) is 24.2 Å². The molecule has 0 fully saturated rings. The molecule has 4 aromatic carbocycles. The third-order valence-corrected chi connectivity index (χ3v) is 7.59. The number of allylic oxidation sites excluding steroid dienone is 1. The molecule has 1 atom stereocenters. The van der Waals surface area contributed by atoms with Gasteiger partial charge < -0.3 is 9.84 Å². The summed E-state index contributed by atoms with van der Waals surface area (Å²) in [5.41, 5.74) is 7.62. The van der Waals surface area contributed by atoms with Gasteiger partial charge in [0.1, 0.15) is 12.4 Å². The molecule has 0 radical (unpaired) electrons. The lowest BCUT2D eigenvalue weighted by Gasteiger charge is -2.19. The van der Waals surface area contributed by atoms with E-state index in [1.807, 2.05) is 61.5 Å². The number of hydrogen-bond donors (Lipinski definition) is 1. The summed E-state index contributed by atoms with van der Waals surface area (Å²) in [5, 5.41) is 18.6. The monoisotopic (exact) mass is 557 g/mol. The van der Waals surface area contributed by atoms with E-state index in [0.717, 1.165) is 47.3 Å². The summed E-state index contributed by atoms with van der Waals surface area (Å²) in [4.78, 5) is 11.5. The van der Waals surface area contributed by atoms with Crippen molar-refractivity contribution in [2.45, 2.75) is 59.0 Å². The topological polar surface area (TPSA) is 70.3 Å². The Kier molecular flexibility index (Phi) is 9.99. The molecule has 4 nitrogen and oxygen atoms in total. The molecule has 0 saturated carbocycles. The fourth-order valence-corrected chi connectivity index (χ4v) is 5.01. The molecule has 0 aliphatic rings. The van der Waals surface area contributed by atoms with Crippen molar-refractivity contribution in [3.8, 4) is 11.8 Å². The van der Waals surface area contributed by atoms with Crippen molar-refractivity contribution in [3.63, 3.8) is 0 Å². The van der Waals surface area contributed by atoms with Crippen LogP contribution in [0.3, 0.4) is 0 Å².